The van der Waals surface area contributed by atoms with Gasteiger partial charge < -0.3 is 24.4 Å². The van der Waals surface area contributed by atoms with Crippen LogP contribution < -0.4 is 14.8 Å². The number of carbonyl (C=O) groups is 3. The smallest absolute Gasteiger partial charge is 0.407 e. The first-order chi connectivity index (χ1) is 14.8. The third kappa shape index (κ3) is 5.76. The van der Waals surface area contributed by atoms with E-state index < -0.39 is 5.97 Å². The van der Waals surface area contributed by atoms with Gasteiger partial charge >= 0.3 is 12.1 Å². The summed E-state index contributed by atoms with van der Waals surface area (Å²) in [6, 6.07) is 3.46. The van der Waals surface area contributed by atoms with Gasteiger partial charge in [0.1, 0.15) is 17.1 Å². The number of piperidine rings is 1. The molecule has 8 heteroatoms. The van der Waals surface area contributed by atoms with Gasteiger partial charge in [-0.05, 0) is 31.9 Å². The molecule has 0 aromatic heterocycles. The van der Waals surface area contributed by atoms with Crippen molar-refractivity contribution in [2.24, 2.45) is 0 Å². The van der Waals surface area contributed by atoms with Crippen molar-refractivity contribution in [2.75, 3.05) is 32.8 Å². The van der Waals surface area contributed by atoms with Crippen molar-refractivity contribution in [1.82, 2.24) is 10.2 Å². The third-order valence-electron chi connectivity index (χ3n) is 5.85. The van der Waals surface area contributed by atoms with E-state index in [-0.39, 0.29) is 17.5 Å². The second-order valence-corrected chi connectivity index (χ2v) is 8.29. The summed E-state index contributed by atoms with van der Waals surface area (Å²) in [7, 11) is 0. The van der Waals surface area contributed by atoms with Crippen molar-refractivity contribution >= 4 is 17.8 Å². The first kappa shape index (κ1) is 23.1. The Morgan fingerprint density at radius 1 is 1.23 bits per heavy atom. The van der Waals surface area contributed by atoms with Crippen molar-refractivity contribution in [3.8, 4) is 11.5 Å². The average molecular weight is 433 g/mol. The number of Topliss-reactive ketones (excluding diaryl/α,β-unsaturated/α-hetero) is 1. The van der Waals surface area contributed by atoms with E-state index in [1.165, 1.54) is 13.8 Å². The highest BCUT2D eigenvalue weighted by atomic mass is 16.6. The number of hydrogen-bond acceptors (Lipinski definition) is 7. The first-order valence-corrected chi connectivity index (χ1v) is 11.0. The summed E-state index contributed by atoms with van der Waals surface area (Å²) < 4.78 is 16.9. The summed E-state index contributed by atoms with van der Waals surface area (Å²) in [5.41, 5.74) is 0.834. The molecular formula is C23H32N2O6. The van der Waals surface area contributed by atoms with Crippen molar-refractivity contribution in [2.45, 2.75) is 58.5 Å². The fourth-order valence-corrected chi connectivity index (χ4v) is 4.20. The minimum atomic E-state index is -0.456. The Bertz CT molecular complexity index is 830. The van der Waals surface area contributed by atoms with Gasteiger partial charge in [-0.1, -0.05) is 13.3 Å². The van der Waals surface area contributed by atoms with Gasteiger partial charge in [0.15, 0.2) is 5.78 Å². The van der Waals surface area contributed by atoms with Crippen LogP contribution in [0.25, 0.3) is 0 Å². The quantitative estimate of drug-likeness (QED) is 0.277. The van der Waals surface area contributed by atoms with Gasteiger partial charge in [-0.15, -0.1) is 0 Å². The largest absolute Gasteiger partial charge is 0.493 e. The second-order valence-electron chi connectivity index (χ2n) is 8.29. The molecule has 1 amide bonds. The standard InChI is InChI=1S/C23H32N2O6/c1-4-6-19-20(8-7-18(16(2)26)21(19)30-17(3)27)29-14-5-11-25-12-9-23(10-13-25)15-24-22(28)31-23/h7-8H,4-6,9-15H2,1-3H3,(H,24,28). The maximum atomic E-state index is 12.0. The normalized spacial score (nSPS) is 17.8. The van der Waals surface area contributed by atoms with Crippen molar-refractivity contribution < 1.29 is 28.6 Å². The molecule has 2 aliphatic rings. The van der Waals surface area contributed by atoms with Crippen LogP contribution in [-0.4, -0.2) is 61.1 Å². The fourth-order valence-electron chi connectivity index (χ4n) is 4.20. The molecule has 2 aliphatic heterocycles. The van der Waals surface area contributed by atoms with Crippen molar-refractivity contribution in [1.29, 1.82) is 0 Å². The van der Waals surface area contributed by atoms with Gasteiger partial charge in [0.25, 0.3) is 0 Å². The van der Waals surface area contributed by atoms with Crippen LogP contribution in [0.4, 0.5) is 4.79 Å². The fraction of sp³-hybridized carbons (Fsp3) is 0.609. The minimum absolute atomic E-state index is 0.147. The summed E-state index contributed by atoms with van der Waals surface area (Å²) >= 11 is 0. The summed E-state index contributed by atoms with van der Waals surface area (Å²) in [5.74, 6) is 0.374. The van der Waals surface area contributed by atoms with Gasteiger partial charge in [0, 0.05) is 45.0 Å². The zero-order valence-corrected chi connectivity index (χ0v) is 18.6. The van der Waals surface area contributed by atoms with Crippen molar-refractivity contribution in [3.63, 3.8) is 0 Å². The number of likely N-dealkylation sites (tertiary alicyclic amines) is 1. The lowest BCUT2D eigenvalue weighted by Gasteiger charge is -2.37. The molecule has 1 N–H and O–H groups in total. The Hall–Kier alpha value is -2.61. The molecule has 0 aliphatic carbocycles. The number of ether oxygens (including phenoxy) is 3. The highest BCUT2D eigenvalue weighted by molar-refractivity contribution is 5.98. The number of ketones is 1. The molecule has 0 radical (unpaired) electrons. The van der Waals surface area contributed by atoms with Crippen LogP contribution in [0, 0.1) is 0 Å². The molecule has 0 atom stereocenters. The number of nitrogens with zero attached hydrogens (tertiary/aromatic N) is 1. The molecule has 1 aromatic rings. The van der Waals surface area contributed by atoms with Crippen molar-refractivity contribution in [3.05, 3.63) is 23.3 Å². The van der Waals surface area contributed by atoms with Crippen LogP contribution in [0.5, 0.6) is 11.5 Å². The molecule has 0 saturated carbocycles. The van der Waals surface area contributed by atoms with E-state index in [1.54, 1.807) is 12.1 Å². The molecule has 2 heterocycles. The molecule has 1 spiro atoms. The van der Waals surface area contributed by atoms with E-state index in [1.807, 2.05) is 6.92 Å². The molecule has 3 rings (SSSR count). The average Bonchev–Trinajstić information content (AvgIpc) is 3.08. The van der Waals surface area contributed by atoms with Crippen LogP contribution in [0.1, 0.15) is 62.4 Å². The highest BCUT2D eigenvalue weighted by Gasteiger charge is 2.42. The highest BCUT2D eigenvalue weighted by Crippen LogP contribution is 2.34. The van der Waals surface area contributed by atoms with Gasteiger partial charge in [-0.2, -0.15) is 0 Å². The lowest BCUT2D eigenvalue weighted by Crippen LogP contribution is -2.46. The van der Waals surface area contributed by atoms with Crippen LogP contribution >= 0.6 is 0 Å². The third-order valence-corrected chi connectivity index (χ3v) is 5.85. The van der Waals surface area contributed by atoms with Gasteiger partial charge in [-0.25, -0.2) is 4.79 Å². The maximum Gasteiger partial charge on any atom is 0.407 e. The summed E-state index contributed by atoms with van der Waals surface area (Å²) in [6.45, 7) is 8.62. The topological polar surface area (TPSA) is 94.2 Å². The molecular weight excluding hydrogens is 400 g/mol. The van der Waals surface area contributed by atoms with Gasteiger partial charge in [0.2, 0.25) is 0 Å². The van der Waals surface area contributed by atoms with Crippen LogP contribution in [-0.2, 0) is 16.0 Å². The lowest BCUT2D eigenvalue weighted by atomic mass is 9.91. The van der Waals surface area contributed by atoms with Crippen LogP contribution in [0.2, 0.25) is 0 Å². The Labute approximate surface area is 183 Å². The number of nitrogens with one attached hydrogen (secondary N) is 1. The monoisotopic (exact) mass is 432 g/mol. The first-order valence-electron chi connectivity index (χ1n) is 11.0. The summed E-state index contributed by atoms with van der Waals surface area (Å²) in [5, 5.41) is 2.76. The molecule has 170 valence electrons. The van der Waals surface area contributed by atoms with E-state index in [0.717, 1.165) is 50.9 Å². The zero-order chi connectivity index (χ0) is 22.4. The van der Waals surface area contributed by atoms with Gasteiger partial charge in [0.05, 0.1) is 18.7 Å². The Morgan fingerprint density at radius 3 is 2.55 bits per heavy atom. The Morgan fingerprint density at radius 2 is 1.97 bits per heavy atom. The van der Waals surface area contributed by atoms with Crippen LogP contribution in [0.15, 0.2) is 12.1 Å². The second kappa shape index (κ2) is 10.1. The predicted octanol–water partition coefficient (Wildman–Crippen LogP) is 3.11. The molecule has 0 unspecified atom stereocenters. The molecule has 8 nitrogen and oxygen atoms in total. The number of hydrogen-bond donors (Lipinski definition) is 1. The van der Waals surface area contributed by atoms with E-state index in [0.29, 0.717) is 36.6 Å². The SMILES string of the molecule is CCCc1c(OCCCN2CCC3(CC2)CNC(=O)O3)ccc(C(C)=O)c1OC(C)=O. The lowest BCUT2D eigenvalue weighted by molar-refractivity contribution is -0.131. The van der Waals surface area contributed by atoms with E-state index in [4.69, 9.17) is 14.2 Å². The number of esters is 1. The maximum absolute atomic E-state index is 12.0. The number of amides is 1. The minimum Gasteiger partial charge on any atom is -0.493 e. The van der Waals surface area contributed by atoms with E-state index in [2.05, 4.69) is 10.2 Å². The van der Waals surface area contributed by atoms with Gasteiger partial charge in [-0.3, -0.25) is 9.59 Å². The number of rotatable bonds is 9. The van der Waals surface area contributed by atoms with E-state index in [9.17, 15) is 14.4 Å². The molecule has 0 bridgehead atoms. The molecule has 2 fully saturated rings. The zero-order valence-electron chi connectivity index (χ0n) is 18.6. The Balaban J connectivity index is 1.56. The summed E-state index contributed by atoms with van der Waals surface area (Å²) in [6.07, 6.45) is 3.69. The van der Waals surface area contributed by atoms with Crippen LogP contribution in [0.3, 0.4) is 0 Å². The number of alkyl carbamates (subject to hydrolysis) is 1. The number of benzene rings is 1. The Kier molecular flexibility index (Phi) is 7.54. The van der Waals surface area contributed by atoms with E-state index >= 15 is 0 Å². The molecule has 1 aromatic carbocycles. The molecule has 31 heavy (non-hydrogen) atoms. The number of carbonyl (C=O) groups excluding carboxylic acids is 3. The predicted molar refractivity (Wildman–Crippen MR) is 115 cm³/mol. The summed E-state index contributed by atoms with van der Waals surface area (Å²) in [4.78, 5) is 37.3. The molecule has 2 saturated heterocycles.